The third-order valence-electron chi connectivity index (χ3n) is 7.27. The van der Waals surface area contributed by atoms with Crippen molar-refractivity contribution in [3.8, 4) is 57.3 Å². The molecule has 1 saturated heterocycles. The number of ether oxygens (including phenoxy) is 5. The quantitative estimate of drug-likeness (QED) is 0.0559. The van der Waals surface area contributed by atoms with E-state index in [4.69, 9.17) is 28.1 Å². The summed E-state index contributed by atoms with van der Waals surface area (Å²) in [5.41, 5.74) is 0.595. The molecule has 4 aromatic rings. The minimum absolute atomic E-state index is 0.00927. The van der Waals surface area contributed by atoms with Gasteiger partial charge in [0.05, 0.1) is 25.8 Å². The molecule has 2 heterocycles. The van der Waals surface area contributed by atoms with Gasteiger partial charge < -0.3 is 64.5 Å². The Bertz CT molecular complexity index is 1800. The summed E-state index contributed by atoms with van der Waals surface area (Å²) in [6, 6.07) is 10.2. The molecule has 0 spiro atoms. The summed E-state index contributed by atoms with van der Waals surface area (Å²) in [4.78, 5) is 12.4. The number of rotatable bonds is 9. The van der Waals surface area contributed by atoms with Crippen molar-refractivity contribution in [3.05, 3.63) is 60.2 Å². The fourth-order valence-electron chi connectivity index (χ4n) is 4.79. The molecule has 15 heteroatoms. The van der Waals surface area contributed by atoms with Crippen molar-refractivity contribution in [3.63, 3.8) is 0 Å². The molecule has 15 nitrogen and oxygen atoms in total. The smallest absolute Gasteiger partial charge is 0.402 e. The van der Waals surface area contributed by atoms with Gasteiger partial charge in [-0.3, -0.25) is 0 Å². The molecule has 1 unspecified atom stereocenters. The Morgan fingerprint density at radius 2 is 1.53 bits per heavy atom. The van der Waals surface area contributed by atoms with Gasteiger partial charge in [0.15, 0.2) is 23.0 Å². The van der Waals surface area contributed by atoms with Crippen molar-refractivity contribution in [2.75, 3.05) is 20.8 Å². The van der Waals surface area contributed by atoms with Crippen LogP contribution in [0.5, 0.6) is 46.0 Å². The first-order valence-corrected chi connectivity index (χ1v) is 13.9. The second-order valence-electron chi connectivity index (χ2n) is 10.4. The van der Waals surface area contributed by atoms with Crippen molar-refractivity contribution >= 4 is 23.0 Å². The molecule has 1 aliphatic rings. The van der Waals surface area contributed by atoms with E-state index >= 15 is 0 Å². The summed E-state index contributed by atoms with van der Waals surface area (Å²) in [6.07, 6.45) is -6.14. The number of carbonyl (C=O) groups is 1. The average molecular weight is 656 g/mol. The van der Waals surface area contributed by atoms with Crippen molar-refractivity contribution in [1.29, 1.82) is 0 Å². The summed E-state index contributed by atoms with van der Waals surface area (Å²) in [5.74, 6) is -2.88. The molecule has 0 amide bonds. The largest absolute Gasteiger partial charge is 0.507 e. The molecular formula is C32H31O15+. The van der Waals surface area contributed by atoms with Crippen LogP contribution < -0.4 is 14.2 Å². The number of hydrogen-bond donors (Lipinski definition) is 8. The lowest BCUT2D eigenvalue weighted by Gasteiger charge is -2.39. The molecule has 1 fully saturated rings. The molecule has 47 heavy (non-hydrogen) atoms. The van der Waals surface area contributed by atoms with Gasteiger partial charge in [-0.25, -0.2) is 9.21 Å². The highest BCUT2D eigenvalue weighted by Gasteiger charge is 2.46. The van der Waals surface area contributed by atoms with Gasteiger partial charge in [-0.1, -0.05) is 6.07 Å². The predicted octanol–water partition coefficient (Wildman–Crippen LogP) is 2.37. The number of phenolic OH excluding ortho intramolecular Hbond substituents is 5. The zero-order valence-corrected chi connectivity index (χ0v) is 24.8. The Balaban J connectivity index is 1.43. The van der Waals surface area contributed by atoms with Crippen LogP contribution in [0.4, 0.5) is 0 Å². The second-order valence-corrected chi connectivity index (χ2v) is 10.4. The zero-order valence-electron chi connectivity index (χ0n) is 24.8. The van der Waals surface area contributed by atoms with Gasteiger partial charge in [-0.15, -0.1) is 0 Å². The topological polar surface area (TPSA) is 236 Å². The number of fused-ring (bicyclic) bond motifs is 1. The lowest BCUT2D eigenvalue weighted by Crippen LogP contribution is -2.60. The normalized spacial score (nSPS) is 21.1. The Labute approximate surface area is 265 Å². The highest BCUT2D eigenvalue weighted by atomic mass is 16.7. The number of aliphatic hydroxyl groups excluding tert-OH is 3. The van der Waals surface area contributed by atoms with Crippen LogP contribution in [0.1, 0.15) is 5.56 Å². The standard InChI is InChI=1S/C32H30O15/c1-42-22-8-15(9-23(43-2)27(22)38)31-24(12-17-19(35)10-16(33)11-21(17)45-31)46-32-30(41)29(40)28(39)25(47-32)13-44-26(37)6-4-14-3-5-18(34)20(36)7-14/h3-12,25,28-30,32,39-41H,13H2,1-2H3,(H4-,33,34,35,36,37,38)/p+1/t25-,28-,29+,30-,32?/m1/s1. The highest BCUT2D eigenvalue weighted by molar-refractivity contribution is 5.89. The molecule has 0 bridgehead atoms. The van der Waals surface area contributed by atoms with Gasteiger partial charge >= 0.3 is 17.3 Å². The van der Waals surface area contributed by atoms with Crippen molar-refractivity contribution in [2.45, 2.75) is 30.7 Å². The number of methoxy groups -OCH3 is 2. The molecule has 0 saturated carbocycles. The van der Waals surface area contributed by atoms with Crippen molar-refractivity contribution in [1.82, 2.24) is 0 Å². The maximum absolute atomic E-state index is 12.4. The predicted molar refractivity (Wildman–Crippen MR) is 161 cm³/mol. The van der Waals surface area contributed by atoms with E-state index in [0.717, 1.165) is 12.1 Å². The van der Waals surface area contributed by atoms with Crippen molar-refractivity contribution in [2.24, 2.45) is 0 Å². The van der Waals surface area contributed by atoms with Crippen LogP contribution in [0.3, 0.4) is 0 Å². The monoisotopic (exact) mass is 655 g/mol. The fraction of sp³-hybridized carbons (Fsp3) is 0.250. The van der Waals surface area contributed by atoms with E-state index in [0.29, 0.717) is 5.56 Å². The van der Waals surface area contributed by atoms with Gasteiger partial charge in [0, 0.05) is 30.3 Å². The Morgan fingerprint density at radius 1 is 0.830 bits per heavy atom. The maximum atomic E-state index is 12.4. The van der Waals surface area contributed by atoms with Crippen LogP contribution >= 0.6 is 0 Å². The van der Waals surface area contributed by atoms with Gasteiger partial charge in [-0.2, -0.15) is 0 Å². The molecule has 8 N–H and O–H groups in total. The van der Waals surface area contributed by atoms with Gasteiger partial charge in [0.2, 0.25) is 17.8 Å². The summed E-state index contributed by atoms with van der Waals surface area (Å²) in [5, 5.41) is 82.0. The molecule has 248 valence electrons. The van der Waals surface area contributed by atoms with Crippen LogP contribution in [0.25, 0.3) is 28.4 Å². The molecule has 1 aliphatic heterocycles. The zero-order chi connectivity index (χ0) is 34.0. The van der Waals surface area contributed by atoms with E-state index in [1.807, 2.05) is 0 Å². The summed E-state index contributed by atoms with van der Waals surface area (Å²) >= 11 is 0. The van der Waals surface area contributed by atoms with Gasteiger partial charge in [0.1, 0.15) is 47.9 Å². The number of hydrogen-bond acceptors (Lipinski definition) is 14. The molecule has 0 radical (unpaired) electrons. The Morgan fingerprint density at radius 3 is 2.19 bits per heavy atom. The average Bonchev–Trinajstić information content (AvgIpc) is 3.05. The van der Waals surface area contributed by atoms with Crippen molar-refractivity contribution < 1.29 is 73.7 Å². The summed E-state index contributed by atoms with van der Waals surface area (Å²) < 4.78 is 33.3. The SMILES string of the molecule is COc1cc(-c2[o+]c3cc(O)cc(O)c3cc2OC2O[C@H](COC(=O)/C=C/c3ccc(O)c(O)c3)[C@@H](O)[C@H](O)[C@H]2O)cc(OC)c1O. The molecule has 1 aromatic heterocycles. The van der Waals surface area contributed by atoms with Crippen LogP contribution in [-0.4, -0.2) is 98.4 Å². The number of aliphatic hydroxyl groups is 3. The lowest BCUT2D eigenvalue weighted by atomic mass is 9.99. The van der Waals surface area contributed by atoms with Gasteiger partial charge in [0.25, 0.3) is 0 Å². The Hall–Kier alpha value is -5.48. The summed E-state index contributed by atoms with van der Waals surface area (Å²) in [7, 11) is 2.62. The van der Waals surface area contributed by atoms with E-state index in [9.17, 15) is 45.6 Å². The minimum atomic E-state index is -1.83. The fourth-order valence-corrected chi connectivity index (χ4v) is 4.79. The highest BCUT2D eigenvalue weighted by Crippen LogP contribution is 2.45. The number of carbonyl (C=O) groups excluding carboxylic acids is 1. The molecule has 0 aliphatic carbocycles. The third-order valence-corrected chi connectivity index (χ3v) is 7.27. The number of aromatic hydroxyl groups is 5. The van der Waals surface area contributed by atoms with E-state index in [-0.39, 0.29) is 62.5 Å². The van der Waals surface area contributed by atoms with E-state index < -0.39 is 49.0 Å². The minimum Gasteiger partial charge on any atom is -0.507 e. The van der Waals surface area contributed by atoms with Crippen LogP contribution in [0, 0.1) is 0 Å². The van der Waals surface area contributed by atoms with Gasteiger partial charge in [-0.05, 0) is 23.8 Å². The lowest BCUT2D eigenvalue weighted by molar-refractivity contribution is -0.278. The number of esters is 1. The van der Waals surface area contributed by atoms with Crippen LogP contribution in [0.2, 0.25) is 0 Å². The van der Waals surface area contributed by atoms with Crippen LogP contribution in [-0.2, 0) is 14.3 Å². The van der Waals surface area contributed by atoms with Crippen LogP contribution in [0.15, 0.2) is 59.0 Å². The third kappa shape index (κ3) is 6.87. The molecular weight excluding hydrogens is 624 g/mol. The first kappa shape index (κ1) is 32.9. The number of phenols is 5. The molecule has 5 atom stereocenters. The second kappa shape index (κ2) is 13.5. The molecule has 5 rings (SSSR count). The first-order chi connectivity index (χ1) is 22.4. The van der Waals surface area contributed by atoms with E-state index in [1.54, 1.807) is 0 Å². The Kier molecular flexibility index (Phi) is 9.44. The first-order valence-electron chi connectivity index (χ1n) is 13.9. The number of benzene rings is 3. The molecule has 3 aromatic carbocycles. The maximum Gasteiger partial charge on any atom is 0.402 e. The van der Waals surface area contributed by atoms with E-state index in [2.05, 4.69) is 0 Å². The van der Waals surface area contributed by atoms with E-state index in [1.165, 1.54) is 62.8 Å². The summed E-state index contributed by atoms with van der Waals surface area (Å²) in [6.45, 7) is -0.587.